The third kappa shape index (κ3) is 3.35. The zero-order valence-electron chi connectivity index (χ0n) is 11.7. The number of nitrogens with zero attached hydrogens (tertiary/aromatic N) is 2. The molecule has 0 aliphatic heterocycles. The minimum atomic E-state index is 0.0940. The van der Waals surface area contributed by atoms with Gasteiger partial charge in [-0.1, -0.05) is 0 Å². The Labute approximate surface area is 118 Å². The first-order valence-corrected chi connectivity index (χ1v) is 6.54. The molecule has 2 aromatic heterocycles. The highest BCUT2D eigenvalue weighted by Gasteiger charge is 2.23. The monoisotopic (exact) mass is 270 g/mol. The van der Waals surface area contributed by atoms with Gasteiger partial charge < -0.3 is 0 Å². The molecular weight excluding hydrogens is 252 g/mol. The Bertz CT molecular complexity index is 593. The van der Waals surface area contributed by atoms with Gasteiger partial charge in [0.05, 0.1) is 0 Å². The number of hydrogen-bond donors (Lipinski definition) is 0. The zero-order chi connectivity index (χ0) is 14.5. The van der Waals surface area contributed by atoms with Crippen molar-refractivity contribution >= 4 is 11.6 Å². The van der Waals surface area contributed by atoms with Gasteiger partial charge >= 0.3 is 0 Å². The summed E-state index contributed by atoms with van der Waals surface area (Å²) in [5.74, 6) is 0.188. The van der Waals surface area contributed by atoms with Gasteiger partial charge in [-0.15, -0.1) is 0 Å². The molecule has 0 spiro atoms. The van der Waals surface area contributed by atoms with E-state index >= 15 is 0 Å². The van der Waals surface area contributed by atoms with Crippen LogP contribution in [0.25, 0.3) is 11.4 Å². The van der Waals surface area contributed by atoms with Crippen molar-refractivity contribution in [3.8, 4) is 11.4 Å². The number of rotatable bonds is 5. The van der Waals surface area contributed by atoms with Crippen LogP contribution in [0.1, 0.15) is 13.8 Å². The highest BCUT2D eigenvalue weighted by Crippen LogP contribution is 2.09. The van der Waals surface area contributed by atoms with Gasteiger partial charge in [0.1, 0.15) is 0 Å². The molecule has 4 heteroatoms. The van der Waals surface area contributed by atoms with Crippen LogP contribution in [0.15, 0.2) is 48.8 Å². The summed E-state index contributed by atoms with van der Waals surface area (Å²) < 4.78 is 3.79. The fourth-order valence-electron chi connectivity index (χ4n) is 2.17. The Morgan fingerprint density at radius 3 is 1.55 bits per heavy atom. The molecule has 0 amide bonds. The van der Waals surface area contributed by atoms with Gasteiger partial charge in [0.25, 0.3) is 11.4 Å². The van der Waals surface area contributed by atoms with Crippen LogP contribution in [0, 0.1) is 0 Å². The lowest BCUT2D eigenvalue weighted by Crippen LogP contribution is -2.45. The molecule has 0 saturated heterocycles. The van der Waals surface area contributed by atoms with Crippen LogP contribution in [-0.4, -0.2) is 11.6 Å². The fraction of sp³-hybridized carbons (Fsp3) is 0.250. The lowest BCUT2D eigenvalue weighted by molar-refractivity contribution is -0.702. The number of Topliss-reactive ketones (excluding diaryl/α,β-unsaturated/α-hetero) is 2. The first kappa shape index (κ1) is 14.1. The molecule has 2 rings (SSSR count). The average molecular weight is 270 g/mol. The van der Waals surface area contributed by atoms with Crippen LogP contribution >= 0.6 is 0 Å². The molecule has 0 fully saturated rings. The van der Waals surface area contributed by atoms with E-state index in [1.54, 1.807) is 13.8 Å². The van der Waals surface area contributed by atoms with Crippen molar-refractivity contribution in [1.82, 2.24) is 0 Å². The normalized spacial score (nSPS) is 10.3. The smallest absolute Gasteiger partial charge is 0.277 e. The van der Waals surface area contributed by atoms with Gasteiger partial charge in [-0.05, 0) is 12.1 Å². The first-order chi connectivity index (χ1) is 9.58. The van der Waals surface area contributed by atoms with Crippen LogP contribution in [0.5, 0.6) is 0 Å². The molecule has 0 aliphatic carbocycles. The standard InChI is InChI=1S/C16H18N2O2/c1-13(19)11-17-9-5-3-7-15(17)16-8-4-6-10-18(16)12-14(2)20/h3-10H,11-12H2,1-2H3/q+2. The van der Waals surface area contributed by atoms with E-state index in [4.69, 9.17) is 0 Å². The number of pyridine rings is 2. The van der Waals surface area contributed by atoms with Crippen molar-refractivity contribution in [1.29, 1.82) is 0 Å². The molecule has 0 bridgehead atoms. The molecule has 102 valence electrons. The molecule has 20 heavy (non-hydrogen) atoms. The van der Waals surface area contributed by atoms with E-state index in [2.05, 4.69) is 0 Å². The number of ketones is 2. The number of carbonyl (C=O) groups excluding carboxylic acids is 2. The summed E-state index contributed by atoms with van der Waals surface area (Å²) in [6, 6.07) is 11.5. The largest absolute Gasteiger partial charge is 0.293 e. The predicted molar refractivity (Wildman–Crippen MR) is 73.6 cm³/mol. The van der Waals surface area contributed by atoms with E-state index in [-0.39, 0.29) is 11.6 Å². The summed E-state index contributed by atoms with van der Waals surface area (Å²) in [4.78, 5) is 22.8. The number of aromatic nitrogens is 2. The molecular formula is C16H18N2O2+2. The molecule has 0 unspecified atom stereocenters. The van der Waals surface area contributed by atoms with Gasteiger partial charge in [0.15, 0.2) is 24.0 Å². The fourth-order valence-corrected chi connectivity index (χ4v) is 2.17. The molecule has 2 heterocycles. The summed E-state index contributed by atoms with van der Waals surface area (Å²) in [7, 11) is 0. The minimum absolute atomic E-state index is 0.0940. The van der Waals surface area contributed by atoms with Crippen LogP contribution < -0.4 is 9.13 Å². The number of carbonyl (C=O) groups is 2. The van der Waals surface area contributed by atoms with Gasteiger partial charge in [-0.2, -0.15) is 9.13 Å². The second-order valence-electron chi connectivity index (χ2n) is 4.83. The maximum atomic E-state index is 11.4. The van der Waals surface area contributed by atoms with Crippen molar-refractivity contribution in [2.75, 3.05) is 0 Å². The van der Waals surface area contributed by atoms with E-state index in [0.717, 1.165) is 11.4 Å². The zero-order valence-corrected chi connectivity index (χ0v) is 11.7. The molecule has 0 N–H and O–H groups in total. The quantitative estimate of drug-likeness (QED) is 0.764. The summed E-state index contributed by atoms with van der Waals surface area (Å²) >= 11 is 0. The van der Waals surface area contributed by atoms with Crippen LogP contribution in [0.2, 0.25) is 0 Å². The second-order valence-corrected chi connectivity index (χ2v) is 4.83. The van der Waals surface area contributed by atoms with Gasteiger partial charge in [-0.3, -0.25) is 9.59 Å². The average Bonchev–Trinajstić information content (AvgIpc) is 2.39. The lowest BCUT2D eigenvalue weighted by atomic mass is 10.2. The van der Waals surface area contributed by atoms with Crippen molar-refractivity contribution in [3.05, 3.63) is 48.8 Å². The predicted octanol–water partition coefficient (Wildman–Crippen LogP) is 1.11. The van der Waals surface area contributed by atoms with E-state index in [9.17, 15) is 9.59 Å². The Balaban J connectivity index is 2.51. The first-order valence-electron chi connectivity index (χ1n) is 6.54. The van der Waals surface area contributed by atoms with Crippen molar-refractivity contribution in [3.63, 3.8) is 0 Å². The van der Waals surface area contributed by atoms with E-state index in [1.807, 2.05) is 57.9 Å². The van der Waals surface area contributed by atoms with Crippen molar-refractivity contribution < 1.29 is 18.7 Å². The molecule has 0 radical (unpaired) electrons. The van der Waals surface area contributed by atoms with Gasteiger partial charge in [0.2, 0.25) is 13.1 Å². The van der Waals surface area contributed by atoms with Crippen molar-refractivity contribution in [2.45, 2.75) is 26.9 Å². The maximum Gasteiger partial charge on any atom is 0.277 e. The third-order valence-electron chi connectivity index (χ3n) is 2.93. The summed E-state index contributed by atoms with van der Waals surface area (Å²) in [6.07, 6.45) is 3.75. The highest BCUT2D eigenvalue weighted by molar-refractivity contribution is 5.74. The molecule has 4 nitrogen and oxygen atoms in total. The van der Waals surface area contributed by atoms with Crippen LogP contribution in [0.4, 0.5) is 0 Å². The molecule has 0 aromatic carbocycles. The van der Waals surface area contributed by atoms with Gasteiger partial charge in [-0.25, -0.2) is 0 Å². The van der Waals surface area contributed by atoms with E-state index in [1.165, 1.54) is 0 Å². The Kier molecular flexibility index (Phi) is 4.35. The summed E-state index contributed by atoms with van der Waals surface area (Å²) in [6.45, 7) is 3.78. The van der Waals surface area contributed by atoms with Crippen molar-refractivity contribution in [2.24, 2.45) is 0 Å². The SMILES string of the molecule is CC(=O)C[n+]1ccccc1-c1cccc[n+]1CC(C)=O. The van der Waals surface area contributed by atoms with E-state index < -0.39 is 0 Å². The third-order valence-corrected chi connectivity index (χ3v) is 2.93. The summed E-state index contributed by atoms with van der Waals surface area (Å²) in [5.41, 5.74) is 1.84. The molecule has 0 atom stereocenters. The Morgan fingerprint density at radius 2 is 1.20 bits per heavy atom. The van der Waals surface area contributed by atoms with Crippen LogP contribution in [0.3, 0.4) is 0 Å². The number of hydrogen-bond acceptors (Lipinski definition) is 2. The lowest BCUT2D eigenvalue weighted by Gasteiger charge is -2.02. The minimum Gasteiger partial charge on any atom is -0.293 e. The highest BCUT2D eigenvalue weighted by atomic mass is 16.1. The van der Waals surface area contributed by atoms with Gasteiger partial charge in [0, 0.05) is 38.1 Å². The Hall–Kier alpha value is -2.36. The summed E-state index contributed by atoms with van der Waals surface area (Å²) in [5, 5.41) is 0. The Morgan fingerprint density at radius 1 is 0.800 bits per heavy atom. The second kappa shape index (κ2) is 6.19. The molecule has 2 aromatic rings. The van der Waals surface area contributed by atoms with E-state index in [0.29, 0.717) is 13.1 Å². The molecule has 0 aliphatic rings. The topological polar surface area (TPSA) is 41.9 Å². The maximum absolute atomic E-state index is 11.4. The van der Waals surface area contributed by atoms with Crippen LogP contribution in [-0.2, 0) is 22.7 Å². The molecule has 0 saturated carbocycles.